The van der Waals surface area contributed by atoms with E-state index in [-0.39, 0.29) is 12.6 Å². The first-order valence-electron chi connectivity index (χ1n) is 5.74. The fourth-order valence-corrected chi connectivity index (χ4v) is 2.46. The highest BCUT2D eigenvalue weighted by Gasteiger charge is 2.27. The summed E-state index contributed by atoms with van der Waals surface area (Å²) in [5, 5.41) is 8.88. The quantitative estimate of drug-likeness (QED) is 0.849. The van der Waals surface area contributed by atoms with E-state index in [1.165, 1.54) is 5.56 Å². The van der Waals surface area contributed by atoms with E-state index in [9.17, 15) is 4.79 Å². The zero-order chi connectivity index (χ0) is 11.5. The molecule has 0 spiro atoms. The van der Waals surface area contributed by atoms with E-state index < -0.39 is 5.97 Å². The van der Waals surface area contributed by atoms with E-state index in [2.05, 4.69) is 0 Å². The van der Waals surface area contributed by atoms with E-state index >= 15 is 0 Å². The number of aliphatic carboxylic acids is 1. The molecular formula is C12H17NO3. The maximum absolute atomic E-state index is 10.8. The third-order valence-corrected chi connectivity index (χ3v) is 3.21. The van der Waals surface area contributed by atoms with Crippen molar-refractivity contribution in [3.8, 4) is 0 Å². The highest BCUT2D eigenvalue weighted by atomic mass is 16.4. The molecule has 88 valence electrons. The first-order valence-corrected chi connectivity index (χ1v) is 5.74. The number of aryl methyl sites for hydroxylation is 1. The van der Waals surface area contributed by atoms with Crippen LogP contribution in [-0.4, -0.2) is 29.1 Å². The molecule has 1 atom stereocenters. The van der Waals surface area contributed by atoms with Crippen LogP contribution in [0.2, 0.25) is 0 Å². The molecule has 1 unspecified atom stereocenters. The Morgan fingerprint density at radius 2 is 2.50 bits per heavy atom. The largest absolute Gasteiger partial charge is 0.480 e. The van der Waals surface area contributed by atoms with Gasteiger partial charge in [0.15, 0.2) is 0 Å². The Morgan fingerprint density at radius 3 is 3.19 bits per heavy atom. The van der Waals surface area contributed by atoms with Crippen LogP contribution in [0.25, 0.3) is 0 Å². The van der Waals surface area contributed by atoms with Crippen LogP contribution in [0.15, 0.2) is 16.7 Å². The number of hydrogen-bond acceptors (Lipinski definition) is 3. The number of carboxylic acids is 1. The van der Waals surface area contributed by atoms with Gasteiger partial charge in [-0.2, -0.15) is 0 Å². The number of likely N-dealkylation sites (N-methyl/N-ethyl adjacent to an activating group) is 1. The summed E-state index contributed by atoms with van der Waals surface area (Å²) in [4.78, 5) is 12.8. The number of carbonyl (C=O) groups is 1. The molecule has 1 aliphatic rings. The molecule has 1 aromatic heterocycles. The summed E-state index contributed by atoms with van der Waals surface area (Å²) in [6, 6.07) is 2.19. The summed E-state index contributed by atoms with van der Waals surface area (Å²) in [5.41, 5.74) is 1.18. The molecule has 0 bridgehead atoms. The molecule has 0 amide bonds. The predicted octanol–water partition coefficient (Wildman–Crippen LogP) is 2.06. The molecule has 0 saturated carbocycles. The summed E-state index contributed by atoms with van der Waals surface area (Å²) in [6.45, 7) is 2.85. The van der Waals surface area contributed by atoms with Gasteiger partial charge in [0.2, 0.25) is 0 Å². The third-order valence-electron chi connectivity index (χ3n) is 3.21. The molecule has 1 N–H and O–H groups in total. The van der Waals surface area contributed by atoms with Gasteiger partial charge in [0.05, 0.1) is 12.8 Å². The highest BCUT2D eigenvalue weighted by Crippen LogP contribution is 2.34. The van der Waals surface area contributed by atoms with Gasteiger partial charge in [-0.15, -0.1) is 0 Å². The lowest BCUT2D eigenvalue weighted by molar-refractivity contribution is -0.139. The molecule has 2 rings (SSSR count). The lowest BCUT2D eigenvalue weighted by atomic mass is 9.92. The van der Waals surface area contributed by atoms with Crippen molar-refractivity contribution in [1.82, 2.24) is 4.90 Å². The molecule has 0 radical (unpaired) electrons. The molecule has 0 aromatic carbocycles. The first-order chi connectivity index (χ1) is 7.72. The second kappa shape index (κ2) is 4.70. The molecule has 1 heterocycles. The molecular weight excluding hydrogens is 206 g/mol. The van der Waals surface area contributed by atoms with Crippen LogP contribution >= 0.6 is 0 Å². The monoisotopic (exact) mass is 223 g/mol. The Bertz CT molecular complexity index is 372. The summed E-state index contributed by atoms with van der Waals surface area (Å²) in [5.74, 6) is 0.262. The van der Waals surface area contributed by atoms with Gasteiger partial charge in [-0.3, -0.25) is 9.69 Å². The van der Waals surface area contributed by atoms with Gasteiger partial charge in [0, 0.05) is 18.0 Å². The lowest BCUT2D eigenvalue weighted by Gasteiger charge is -2.31. The van der Waals surface area contributed by atoms with Crippen molar-refractivity contribution >= 4 is 5.97 Å². The molecule has 1 aliphatic carbocycles. The molecule has 4 nitrogen and oxygen atoms in total. The number of furan rings is 1. The van der Waals surface area contributed by atoms with Gasteiger partial charge in [-0.1, -0.05) is 6.92 Å². The van der Waals surface area contributed by atoms with Gasteiger partial charge >= 0.3 is 5.97 Å². The Kier molecular flexibility index (Phi) is 3.29. The van der Waals surface area contributed by atoms with Crippen LogP contribution < -0.4 is 0 Å². The topological polar surface area (TPSA) is 53.7 Å². The van der Waals surface area contributed by atoms with Crippen molar-refractivity contribution in [2.24, 2.45) is 0 Å². The van der Waals surface area contributed by atoms with Gasteiger partial charge in [-0.05, 0) is 25.5 Å². The van der Waals surface area contributed by atoms with E-state index in [1.807, 2.05) is 17.9 Å². The lowest BCUT2D eigenvalue weighted by Crippen LogP contribution is -2.35. The second-order valence-corrected chi connectivity index (χ2v) is 4.16. The zero-order valence-electron chi connectivity index (χ0n) is 9.48. The maximum atomic E-state index is 10.8. The van der Waals surface area contributed by atoms with Gasteiger partial charge in [0.25, 0.3) is 0 Å². The molecule has 16 heavy (non-hydrogen) atoms. The zero-order valence-corrected chi connectivity index (χ0v) is 9.48. The van der Waals surface area contributed by atoms with Crippen LogP contribution in [0, 0.1) is 0 Å². The Morgan fingerprint density at radius 1 is 1.69 bits per heavy atom. The normalized spacial score (nSPS) is 19.8. The maximum Gasteiger partial charge on any atom is 0.317 e. The number of carboxylic acid groups (broad SMARTS) is 1. The van der Waals surface area contributed by atoms with Crippen LogP contribution in [0.3, 0.4) is 0 Å². The van der Waals surface area contributed by atoms with Gasteiger partial charge < -0.3 is 9.52 Å². The van der Waals surface area contributed by atoms with Crippen molar-refractivity contribution in [3.63, 3.8) is 0 Å². The minimum absolute atomic E-state index is 0.103. The molecule has 0 fully saturated rings. The molecule has 0 aliphatic heterocycles. The highest BCUT2D eigenvalue weighted by molar-refractivity contribution is 5.69. The number of fused-ring (bicyclic) bond motifs is 1. The van der Waals surface area contributed by atoms with Crippen LogP contribution in [0.5, 0.6) is 0 Å². The summed E-state index contributed by atoms with van der Waals surface area (Å²) in [7, 11) is 0. The average Bonchev–Trinajstić information content (AvgIpc) is 2.73. The van der Waals surface area contributed by atoms with Gasteiger partial charge in [0.1, 0.15) is 5.76 Å². The van der Waals surface area contributed by atoms with Crippen molar-refractivity contribution in [1.29, 1.82) is 0 Å². The van der Waals surface area contributed by atoms with Crippen molar-refractivity contribution < 1.29 is 14.3 Å². The minimum Gasteiger partial charge on any atom is -0.480 e. The van der Waals surface area contributed by atoms with Crippen molar-refractivity contribution in [2.75, 3.05) is 13.1 Å². The fraction of sp³-hybridized carbons (Fsp3) is 0.583. The van der Waals surface area contributed by atoms with Gasteiger partial charge in [-0.25, -0.2) is 0 Å². The number of nitrogens with zero attached hydrogens (tertiary/aromatic N) is 1. The van der Waals surface area contributed by atoms with Crippen LogP contribution in [0.4, 0.5) is 0 Å². The Hall–Kier alpha value is -1.29. The third kappa shape index (κ3) is 2.11. The second-order valence-electron chi connectivity index (χ2n) is 4.16. The van der Waals surface area contributed by atoms with Crippen LogP contribution in [-0.2, 0) is 11.2 Å². The molecule has 0 saturated heterocycles. The number of hydrogen-bond donors (Lipinski definition) is 1. The number of rotatable bonds is 4. The van der Waals surface area contributed by atoms with E-state index in [1.54, 1.807) is 6.26 Å². The smallest absolute Gasteiger partial charge is 0.317 e. The predicted molar refractivity (Wildman–Crippen MR) is 59.3 cm³/mol. The molecule has 1 aromatic rings. The van der Waals surface area contributed by atoms with E-state index in [0.29, 0.717) is 0 Å². The van der Waals surface area contributed by atoms with E-state index in [4.69, 9.17) is 9.52 Å². The summed E-state index contributed by atoms with van der Waals surface area (Å²) < 4.78 is 5.41. The molecule has 4 heteroatoms. The minimum atomic E-state index is -0.766. The van der Waals surface area contributed by atoms with Crippen molar-refractivity contribution in [2.45, 2.75) is 32.2 Å². The first kappa shape index (κ1) is 11.2. The summed E-state index contributed by atoms with van der Waals surface area (Å²) >= 11 is 0. The Balaban J connectivity index is 2.18. The van der Waals surface area contributed by atoms with Crippen LogP contribution in [0.1, 0.15) is 37.1 Å². The van der Waals surface area contributed by atoms with Crippen molar-refractivity contribution in [3.05, 3.63) is 23.7 Å². The SMILES string of the molecule is CCN(CC(=O)O)C1CCCc2occc21. The standard InChI is InChI=1S/C12H17NO3/c1-2-13(8-12(14)15)10-4-3-5-11-9(10)6-7-16-11/h6-7,10H,2-5,8H2,1H3,(H,14,15). The fourth-order valence-electron chi connectivity index (χ4n) is 2.46. The average molecular weight is 223 g/mol. The Labute approximate surface area is 94.9 Å². The van der Waals surface area contributed by atoms with E-state index in [0.717, 1.165) is 31.6 Å². The summed E-state index contributed by atoms with van der Waals surface area (Å²) in [6.07, 6.45) is 4.77.